The summed E-state index contributed by atoms with van der Waals surface area (Å²) in [6.07, 6.45) is -7.60. The first-order valence-electron chi connectivity index (χ1n) is 11.2. The van der Waals surface area contributed by atoms with Gasteiger partial charge in [0.15, 0.2) is 0 Å². The molecule has 26 heavy (non-hydrogen) atoms. The van der Waals surface area contributed by atoms with E-state index in [4.69, 9.17) is 8.22 Å². The Morgan fingerprint density at radius 1 is 1.00 bits per heavy atom. The van der Waals surface area contributed by atoms with E-state index >= 15 is 0 Å². The molecule has 0 aromatic heterocycles. The molecule has 0 radical (unpaired) electrons. The molecule has 2 aromatic rings. The van der Waals surface area contributed by atoms with E-state index in [2.05, 4.69) is 4.74 Å². The Kier molecular flexibility index (Phi) is 3.23. The molecule has 0 spiro atoms. The molecule has 5 heteroatoms. The summed E-state index contributed by atoms with van der Waals surface area (Å²) in [5.74, 6) is -2.15. The van der Waals surface area contributed by atoms with E-state index < -0.39 is 37.4 Å². The molecule has 0 amide bonds. The highest BCUT2D eigenvalue weighted by atomic mass is 19.4. The minimum absolute atomic E-state index is 0.0206. The number of anilines is 1. The molecule has 0 saturated carbocycles. The van der Waals surface area contributed by atoms with Gasteiger partial charge in [0.25, 0.3) is 0 Å². The predicted octanol–water partition coefficient (Wildman–Crippen LogP) is 5.88. The molecule has 140 valence electrons. The molecular formula is C21H24F3NO. The fourth-order valence-corrected chi connectivity index (χ4v) is 2.59. The maximum Gasteiger partial charge on any atom is 0.573 e. The fourth-order valence-electron chi connectivity index (χ4n) is 2.59. The molecule has 1 heterocycles. The zero-order valence-corrected chi connectivity index (χ0v) is 14.7. The summed E-state index contributed by atoms with van der Waals surface area (Å²) in [5, 5.41) is 0. The van der Waals surface area contributed by atoms with Crippen LogP contribution >= 0.6 is 0 Å². The van der Waals surface area contributed by atoms with Gasteiger partial charge in [-0.15, -0.1) is 13.2 Å². The number of nitrogens with zero attached hydrogens (tertiary/aromatic N) is 1. The first-order valence-corrected chi connectivity index (χ1v) is 8.15. The third-order valence-electron chi connectivity index (χ3n) is 4.02. The van der Waals surface area contributed by atoms with Crippen LogP contribution in [0.3, 0.4) is 0 Å². The van der Waals surface area contributed by atoms with Crippen LogP contribution in [0.1, 0.15) is 52.4 Å². The zero-order chi connectivity index (χ0) is 24.3. The lowest BCUT2D eigenvalue weighted by Gasteiger charge is -2.22. The molecule has 1 atom stereocenters. The highest BCUT2D eigenvalue weighted by Gasteiger charge is 2.31. The van der Waals surface area contributed by atoms with Crippen molar-refractivity contribution in [3.8, 4) is 5.75 Å². The number of hydrogen-bond donors (Lipinski definition) is 0. The van der Waals surface area contributed by atoms with Crippen molar-refractivity contribution in [2.24, 2.45) is 0 Å². The van der Waals surface area contributed by atoms with Crippen LogP contribution in [-0.2, 0) is 5.41 Å². The number of ether oxygens (including phenoxy) is 1. The molecular weight excluding hydrogens is 339 g/mol. The normalized spacial score (nSPS) is 27.5. The molecule has 3 rings (SSSR count). The molecule has 0 bridgehead atoms. The molecule has 0 N–H and O–H groups in total. The van der Waals surface area contributed by atoms with Gasteiger partial charge >= 0.3 is 6.36 Å². The third-order valence-corrected chi connectivity index (χ3v) is 4.02. The van der Waals surface area contributed by atoms with Crippen LogP contribution in [0.5, 0.6) is 5.75 Å². The second-order valence-corrected chi connectivity index (χ2v) is 7.07. The molecule has 1 aliphatic rings. The molecule has 1 saturated heterocycles. The monoisotopic (exact) mass is 369 g/mol. The third kappa shape index (κ3) is 4.51. The number of halogens is 3. The summed E-state index contributed by atoms with van der Waals surface area (Å²) in [6.45, 7) is 0.722. The molecule has 0 aliphatic carbocycles. The number of alkyl halides is 3. The highest BCUT2D eigenvalue weighted by Crippen LogP contribution is 2.33. The van der Waals surface area contributed by atoms with Crippen molar-refractivity contribution >= 4 is 5.69 Å². The Morgan fingerprint density at radius 3 is 2.15 bits per heavy atom. The summed E-state index contributed by atoms with van der Waals surface area (Å²) in [6, 6.07) is 10.8. The van der Waals surface area contributed by atoms with E-state index in [0.29, 0.717) is 0 Å². The predicted molar refractivity (Wildman–Crippen MR) is 97.8 cm³/mol. The molecule has 1 aliphatic heterocycles. The Balaban J connectivity index is 2.04. The van der Waals surface area contributed by atoms with Gasteiger partial charge in [0.2, 0.25) is 0 Å². The molecule has 1 unspecified atom stereocenters. The van der Waals surface area contributed by atoms with E-state index in [1.165, 1.54) is 0 Å². The summed E-state index contributed by atoms with van der Waals surface area (Å²) in [4.78, 5) is 0.775. The summed E-state index contributed by atoms with van der Waals surface area (Å²) >= 11 is 0. The topological polar surface area (TPSA) is 12.5 Å². The highest BCUT2D eigenvalue weighted by molar-refractivity contribution is 5.50. The van der Waals surface area contributed by atoms with Gasteiger partial charge in [-0.05, 0) is 47.2 Å². The van der Waals surface area contributed by atoms with Crippen LogP contribution in [0.15, 0.2) is 48.5 Å². The molecule has 1 fully saturated rings. The van der Waals surface area contributed by atoms with Gasteiger partial charge in [-0.2, -0.15) is 0 Å². The standard InChI is InChI=1S/C21H24F3NO/c1-20(2,3)17-6-8-18(9-7-17)25-13-12-16(14-25)15-4-10-19(11-5-15)26-21(22,23)24/h4-11,16H,12-14H2,1-3H3/i12D2,13D2,14D2. The summed E-state index contributed by atoms with van der Waals surface area (Å²) < 4.78 is 92.3. The van der Waals surface area contributed by atoms with E-state index in [-0.39, 0.29) is 16.7 Å². The quantitative estimate of drug-likeness (QED) is 0.670. The SMILES string of the molecule is [2H]C1([2H])C(c2ccc(OC(F)(F)F)cc2)C([2H])([2H])C([2H])([2H])N1c1ccc(C(C)(C)C)cc1. The lowest BCUT2D eigenvalue weighted by atomic mass is 9.87. The lowest BCUT2D eigenvalue weighted by molar-refractivity contribution is -0.274. The smallest absolute Gasteiger partial charge is 0.406 e. The first kappa shape index (κ1) is 12.3. The maximum absolute atomic E-state index is 12.4. The Labute approximate surface area is 161 Å². The van der Waals surface area contributed by atoms with Crippen molar-refractivity contribution in [2.45, 2.75) is 44.8 Å². The number of rotatable bonds is 3. The van der Waals surface area contributed by atoms with Gasteiger partial charge in [-0.25, -0.2) is 0 Å². The maximum atomic E-state index is 12.4. The van der Waals surface area contributed by atoms with Crippen molar-refractivity contribution < 1.29 is 26.1 Å². The van der Waals surface area contributed by atoms with Crippen molar-refractivity contribution in [1.82, 2.24) is 0 Å². The second kappa shape index (κ2) is 6.86. The lowest BCUT2D eigenvalue weighted by Crippen LogP contribution is -2.19. The Morgan fingerprint density at radius 2 is 1.62 bits per heavy atom. The molecule has 2 aromatic carbocycles. The first-order chi connectivity index (χ1) is 14.4. The van der Waals surface area contributed by atoms with Crippen molar-refractivity contribution in [2.75, 3.05) is 17.9 Å². The minimum atomic E-state index is -4.90. The largest absolute Gasteiger partial charge is 0.573 e. The van der Waals surface area contributed by atoms with E-state index in [1.54, 1.807) is 24.3 Å². The van der Waals surface area contributed by atoms with E-state index in [9.17, 15) is 13.2 Å². The van der Waals surface area contributed by atoms with E-state index in [0.717, 1.165) is 34.7 Å². The minimum Gasteiger partial charge on any atom is -0.406 e. The van der Waals surface area contributed by atoms with Gasteiger partial charge in [-0.3, -0.25) is 0 Å². The van der Waals surface area contributed by atoms with Crippen LogP contribution in [0.25, 0.3) is 0 Å². The Bertz CT molecular complexity index is 969. The van der Waals surface area contributed by atoms with Gasteiger partial charge in [-0.1, -0.05) is 45.0 Å². The second-order valence-electron chi connectivity index (χ2n) is 7.07. The van der Waals surface area contributed by atoms with Crippen LogP contribution < -0.4 is 9.64 Å². The number of hydrogen-bond acceptors (Lipinski definition) is 2. The van der Waals surface area contributed by atoms with Crippen LogP contribution in [0.2, 0.25) is 0 Å². The zero-order valence-electron chi connectivity index (χ0n) is 20.7. The summed E-state index contributed by atoms with van der Waals surface area (Å²) in [7, 11) is 0. The van der Waals surface area contributed by atoms with Crippen LogP contribution in [-0.4, -0.2) is 19.4 Å². The van der Waals surface area contributed by atoms with Gasteiger partial charge in [0.1, 0.15) is 5.75 Å². The van der Waals surface area contributed by atoms with Gasteiger partial charge < -0.3 is 9.64 Å². The Hall–Kier alpha value is -2.17. The average Bonchev–Trinajstić information content (AvgIpc) is 2.71. The average molecular weight is 369 g/mol. The van der Waals surface area contributed by atoms with Crippen LogP contribution in [0, 0.1) is 0 Å². The van der Waals surface area contributed by atoms with Gasteiger partial charge in [0.05, 0.1) is 0 Å². The fraction of sp³-hybridized carbons (Fsp3) is 0.429. The van der Waals surface area contributed by atoms with E-state index in [1.807, 2.05) is 20.8 Å². The number of benzene rings is 2. The molecule has 2 nitrogen and oxygen atoms in total. The van der Waals surface area contributed by atoms with Crippen LogP contribution in [0.4, 0.5) is 18.9 Å². The van der Waals surface area contributed by atoms with Crippen molar-refractivity contribution in [1.29, 1.82) is 0 Å². The van der Waals surface area contributed by atoms with Crippen molar-refractivity contribution in [3.05, 3.63) is 59.7 Å². The summed E-state index contributed by atoms with van der Waals surface area (Å²) in [5.41, 5.74) is 0.948. The van der Waals surface area contributed by atoms with Crippen molar-refractivity contribution in [3.63, 3.8) is 0 Å². The van der Waals surface area contributed by atoms with Gasteiger partial charge in [0, 0.05) is 32.8 Å².